The first-order chi connectivity index (χ1) is 10.3. The number of aryl methyl sites for hydroxylation is 1. The number of hydrogen-bond acceptors (Lipinski definition) is 2. The van der Waals surface area contributed by atoms with E-state index in [4.69, 9.17) is 4.74 Å². The molecule has 1 aliphatic rings. The van der Waals surface area contributed by atoms with Crippen LogP contribution in [0.3, 0.4) is 0 Å². The Kier molecular flexibility index (Phi) is 4.30. The Morgan fingerprint density at radius 1 is 1.24 bits per heavy atom. The van der Waals surface area contributed by atoms with E-state index in [9.17, 15) is 0 Å². The van der Waals surface area contributed by atoms with Crippen LogP contribution in [0.5, 0.6) is 5.75 Å². The fraction of sp³-hybridized carbons (Fsp3) is 0.444. The Morgan fingerprint density at radius 3 is 2.76 bits per heavy atom. The van der Waals surface area contributed by atoms with Gasteiger partial charge in [-0.3, -0.25) is 0 Å². The molecule has 0 fully saturated rings. The van der Waals surface area contributed by atoms with Crippen LogP contribution in [-0.2, 0) is 13.0 Å². The number of benzene rings is 1. The summed E-state index contributed by atoms with van der Waals surface area (Å²) in [7, 11) is 1.70. The van der Waals surface area contributed by atoms with E-state index >= 15 is 0 Å². The monoisotopic (exact) mass is 284 g/mol. The van der Waals surface area contributed by atoms with Gasteiger partial charge in [-0.15, -0.1) is 0 Å². The third kappa shape index (κ3) is 3.13. The molecule has 1 aromatic heterocycles. The highest BCUT2D eigenvalue weighted by Crippen LogP contribution is 2.30. The molecule has 1 heterocycles. The lowest BCUT2D eigenvalue weighted by Crippen LogP contribution is -2.23. The minimum Gasteiger partial charge on any atom is -0.497 e. The second kappa shape index (κ2) is 6.35. The largest absolute Gasteiger partial charge is 0.497 e. The van der Waals surface area contributed by atoms with Crippen molar-refractivity contribution in [1.82, 2.24) is 9.88 Å². The predicted molar refractivity (Wildman–Crippen MR) is 85.9 cm³/mol. The molecule has 0 radical (unpaired) electrons. The van der Waals surface area contributed by atoms with Crippen LogP contribution in [0, 0.1) is 0 Å². The molecule has 0 aliphatic heterocycles. The van der Waals surface area contributed by atoms with Crippen LogP contribution in [0.2, 0.25) is 0 Å². The van der Waals surface area contributed by atoms with Gasteiger partial charge in [0.1, 0.15) is 5.75 Å². The number of ether oxygens (including phenoxy) is 1. The molecule has 112 valence electrons. The molecule has 0 amide bonds. The third-order valence-electron chi connectivity index (χ3n) is 4.29. The number of hydrogen-bond donors (Lipinski definition) is 1. The zero-order valence-electron chi connectivity index (χ0n) is 12.9. The van der Waals surface area contributed by atoms with E-state index in [1.54, 1.807) is 7.11 Å². The Morgan fingerprint density at radius 2 is 2.05 bits per heavy atom. The van der Waals surface area contributed by atoms with Crippen LogP contribution < -0.4 is 10.1 Å². The van der Waals surface area contributed by atoms with Crippen molar-refractivity contribution in [3.8, 4) is 5.75 Å². The van der Waals surface area contributed by atoms with E-state index in [0.29, 0.717) is 6.04 Å². The standard InChI is InChI=1S/C18H24N2O/c1-3-19-18-6-4-5-15-12-20(13-17(15)18)11-14-7-9-16(21-2)10-8-14/h7-10,12-13,18-19H,3-6,11H2,1-2H3. The van der Waals surface area contributed by atoms with Crippen molar-refractivity contribution in [1.29, 1.82) is 0 Å². The molecule has 0 spiro atoms. The molecular formula is C18H24N2O. The summed E-state index contributed by atoms with van der Waals surface area (Å²) in [6.45, 7) is 4.15. The van der Waals surface area contributed by atoms with Crippen molar-refractivity contribution in [2.24, 2.45) is 0 Å². The first-order valence-electron chi connectivity index (χ1n) is 7.85. The van der Waals surface area contributed by atoms with Crippen LogP contribution >= 0.6 is 0 Å². The van der Waals surface area contributed by atoms with Crippen molar-refractivity contribution in [2.45, 2.75) is 38.8 Å². The van der Waals surface area contributed by atoms with Crippen LogP contribution in [0.15, 0.2) is 36.7 Å². The predicted octanol–water partition coefficient (Wildman–Crippen LogP) is 3.53. The van der Waals surface area contributed by atoms with E-state index < -0.39 is 0 Å². The second-order valence-electron chi connectivity index (χ2n) is 5.76. The molecule has 2 aromatic rings. The maximum Gasteiger partial charge on any atom is 0.118 e. The van der Waals surface area contributed by atoms with Gasteiger partial charge in [0, 0.05) is 25.0 Å². The molecule has 0 saturated carbocycles. The highest BCUT2D eigenvalue weighted by Gasteiger charge is 2.21. The second-order valence-corrected chi connectivity index (χ2v) is 5.76. The van der Waals surface area contributed by atoms with Crippen molar-refractivity contribution in [3.05, 3.63) is 53.3 Å². The fourth-order valence-electron chi connectivity index (χ4n) is 3.24. The SMILES string of the molecule is CCNC1CCCc2cn(Cc3ccc(OC)cc3)cc21. The van der Waals surface area contributed by atoms with Crippen molar-refractivity contribution in [2.75, 3.05) is 13.7 Å². The summed E-state index contributed by atoms with van der Waals surface area (Å²) in [5, 5.41) is 3.60. The minimum atomic E-state index is 0.538. The van der Waals surface area contributed by atoms with Crippen LogP contribution in [0.1, 0.15) is 42.5 Å². The summed E-state index contributed by atoms with van der Waals surface area (Å²) in [5.41, 5.74) is 4.32. The number of fused-ring (bicyclic) bond motifs is 1. The molecule has 3 heteroatoms. The van der Waals surface area contributed by atoms with Gasteiger partial charge >= 0.3 is 0 Å². The van der Waals surface area contributed by atoms with Gasteiger partial charge in [-0.2, -0.15) is 0 Å². The van der Waals surface area contributed by atoms with Gasteiger partial charge in [0.15, 0.2) is 0 Å². The maximum absolute atomic E-state index is 5.21. The zero-order chi connectivity index (χ0) is 14.7. The van der Waals surface area contributed by atoms with Crippen molar-refractivity contribution < 1.29 is 4.74 Å². The van der Waals surface area contributed by atoms with Gasteiger partial charge in [-0.1, -0.05) is 19.1 Å². The topological polar surface area (TPSA) is 26.2 Å². The number of methoxy groups -OCH3 is 1. The number of aromatic nitrogens is 1. The molecule has 1 atom stereocenters. The van der Waals surface area contributed by atoms with E-state index in [1.165, 1.54) is 36.0 Å². The molecule has 1 aliphatic carbocycles. The van der Waals surface area contributed by atoms with Gasteiger partial charge < -0.3 is 14.6 Å². The summed E-state index contributed by atoms with van der Waals surface area (Å²) >= 11 is 0. The Bertz CT molecular complexity index is 586. The summed E-state index contributed by atoms with van der Waals surface area (Å²) in [6.07, 6.45) is 8.41. The van der Waals surface area contributed by atoms with E-state index in [0.717, 1.165) is 18.8 Å². The van der Waals surface area contributed by atoms with Crippen molar-refractivity contribution >= 4 is 0 Å². The van der Waals surface area contributed by atoms with Crippen molar-refractivity contribution in [3.63, 3.8) is 0 Å². The minimum absolute atomic E-state index is 0.538. The Hall–Kier alpha value is -1.74. The van der Waals surface area contributed by atoms with Crippen LogP contribution in [0.25, 0.3) is 0 Å². The Balaban J connectivity index is 1.77. The number of rotatable bonds is 5. The fourth-order valence-corrected chi connectivity index (χ4v) is 3.24. The summed E-state index contributed by atoms with van der Waals surface area (Å²) in [6, 6.07) is 8.87. The average molecular weight is 284 g/mol. The van der Waals surface area contributed by atoms with E-state index in [1.807, 2.05) is 12.1 Å². The maximum atomic E-state index is 5.21. The Labute approximate surface area is 126 Å². The van der Waals surface area contributed by atoms with Gasteiger partial charge in [0.05, 0.1) is 7.11 Å². The molecule has 1 N–H and O–H groups in total. The van der Waals surface area contributed by atoms with Gasteiger partial charge in [0.25, 0.3) is 0 Å². The zero-order valence-corrected chi connectivity index (χ0v) is 12.9. The third-order valence-corrected chi connectivity index (χ3v) is 4.29. The molecule has 21 heavy (non-hydrogen) atoms. The van der Waals surface area contributed by atoms with Gasteiger partial charge in [0.2, 0.25) is 0 Å². The number of nitrogens with zero attached hydrogens (tertiary/aromatic N) is 1. The smallest absolute Gasteiger partial charge is 0.118 e. The highest BCUT2D eigenvalue weighted by molar-refractivity contribution is 5.32. The van der Waals surface area contributed by atoms with E-state index in [2.05, 4.69) is 41.3 Å². The van der Waals surface area contributed by atoms with E-state index in [-0.39, 0.29) is 0 Å². The molecule has 3 rings (SSSR count). The average Bonchev–Trinajstić information content (AvgIpc) is 2.92. The first-order valence-corrected chi connectivity index (χ1v) is 7.85. The first kappa shape index (κ1) is 14.2. The lowest BCUT2D eigenvalue weighted by atomic mass is 9.91. The highest BCUT2D eigenvalue weighted by atomic mass is 16.5. The summed E-state index contributed by atoms with van der Waals surface area (Å²) < 4.78 is 7.53. The van der Waals surface area contributed by atoms with Gasteiger partial charge in [-0.05, 0) is 54.6 Å². The molecule has 0 saturated heterocycles. The van der Waals surface area contributed by atoms with Gasteiger partial charge in [-0.25, -0.2) is 0 Å². The molecule has 3 nitrogen and oxygen atoms in total. The van der Waals surface area contributed by atoms with Crippen LogP contribution in [0.4, 0.5) is 0 Å². The lowest BCUT2D eigenvalue weighted by molar-refractivity contribution is 0.414. The molecule has 1 unspecified atom stereocenters. The number of nitrogens with one attached hydrogen (secondary N) is 1. The molecule has 0 bridgehead atoms. The molecule has 1 aromatic carbocycles. The normalized spacial score (nSPS) is 17.5. The quantitative estimate of drug-likeness (QED) is 0.909. The lowest BCUT2D eigenvalue weighted by Gasteiger charge is -2.22. The molecular weight excluding hydrogens is 260 g/mol. The van der Waals surface area contributed by atoms with Crippen LogP contribution in [-0.4, -0.2) is 18.2 Å². The summed E-state index contributed by atoms with van der Waals surface area (Å²) in [5.74, 6) is 0.915. The summed E-state index contributed by atoms with van der Waals surface area (Å²) in [4.78, 5) is 0.